The van der Waals surface area contributed by atoms with Gasteiger partial charge in [-0.1, -0.05) is 30.3 Å². The van der Waals surface area contributed by atoms with Crippen molar-refractivity contribution in [2.75, 3.05) is 6.61 Å². The predicted molar refractivity (Wildman–Crippen MR) is 56.7 cm³/mol. The summed E-state index contributed by atoms with van der Waals surface area (Å²) < 4.78 is 0. The number of carbonyl (C=O) groups is 2. The lowest BCUT2D eigenvalue weighted by atomic mass is 9.79. The molecule has 0 aliphatic heterocycles. The zero-order chi connectivity index (χ0) is 11.5. The quantitative estimate of drug-likeness (QED) is 0.622. The summed E-state index contributed by atoms with van der Waals surface area (Å²) in [6.45, 7) is 0.623. The highest BCUT2D eigenvalue weighted by atomic mass is 35.5. The number of aliphatic hydroxyl groups excluding tert-OH is 1. The largest absolute Gasteiger partial charge is 0.394 e. The zero-order valence-electron chi connectivity index (χ0n) is 8.24. The number of hydrogen-bond acceptors (Lipinski definition) is 3. The van der Waals surface area contributed by atoms with Gasteiger partial charge in [-0.3, -0.25) is 9.59 Å². The summed E-state index contributed by atoms with van der Waals surface area (Å²) in [7, 11) is 0. The molecule has 0 heterocycles. The van der Waals surface area contributed by atoms with Gasteiger partial charge in [0.2, 0.25) is 5.24 Å². The Labute approximate surface area is 92.7 Å². The first-order chi connectivity index (χ1) is 7.05. The second-order valence-corrected chi connectivity index (χ2v) is 3.60. The molecule has 1 atom stereocenters. The van der Waals surface area contributed by atoms with Gasteiger partial charge in [-0.25, -0.2) is 0 Å². The average Bonchev–Trinajstić information content (AvgIpc) is 2.20. The first-order valence-corrected chi connectivity index (χ1v) is 4.81. The molecule has 1 aromatic rings. The summed E-state index contributed by atoms with van der Waals surface area (Å²) in [6, 6.07) is 8.31. The number of Topliss-reactive ketones (excluding diaryl/α,β-unsaturated/α-hetero) is 1. The van der Waals surface area contributed by atoms with Crippen molar-refractivity contribution in [1.82, 2.24) is 0 Å². The molecule has 0 bridgehead atoms. The lowest BCUT2D eigenvalue weighted by Crippen LogP contribution is -2.43. The van der Waals surface area contributed by atoms with Crippen molar-refractivity contribution in [3.05, 3.63) is 35.9 Å². The van der Waals surface area contributed by atoms with E-state index in [9.17, 15) is 14.7 Å². The monoisotopic (exact) mass is 226 g/mol. The highest BCUT2D eigenvalue weighted by Crippen LogP contribution is 2.27. The summed E-state index contributed by atoms with van der Waals surface area (Å²) >= 11 is 5.41. The third-order valence-corrected chi connectivity index (χ3v) is 2.76. The molecule has 0 aliphatic rings. The van der Waals surface area contributed by atoms with Crippen LogP contribution in [0, 0.1) is 0 Å². The number of aliphatic hydroxyl groups is 1. The second kappa shape index (κ2) is 4.55. The van der Waals surface area contributed by atoms with Crippen molar-refractivity contribution in [2.24, 2.45) is 0 Å². The van der Waals surface area contributed by atoms with Gasteiger partial charge >= 0.3 is 0 Å². The first kappa shape index (κ1) is 11.9. The molecular weight excluding hydrogens is 216 g/mol. The molecule has 80 valence electrons. The Morgan fingerprint density at radius 3 is 2.20 bits per heavy atom. The van der Waals surface area contributed by atoms with Crippen molar-refractivity contribution >= 4 is 22.6 Å². The summed E-state index contributed by atoms with van der Waals surface area (Å²) in [4.78, 5) is 22.8. The summed E-state index contributed by atoms with van der Waals surface area (Å²) in [5, 5.41) is 8.39. The number of ketones is 1. The van der Waals surface area contributed by atoms with E-state index in [1.54, 1.807) is 30.3 Å². The van der Waals surface area contributed by atoms with E-state index >= 15 is 0 Å². The van der Waals surface area contributed by atoms with E-state index in [4.69, 9.17) is 11.6 Å². The molecule has 0 saturated heterocycles. The molecule has 0 fully saturated rings. The number of carbonyl (C=O) groups excluding carboxylic acids is 2. The molecule has 1 rings (SSSR count). The fourth-order valence-electron chi connectivity index (χ4n) is 1.44. The third kappa shape index (κ3) is 1.94. The first-order valence-electron chi connectivity index (χ1n) is 4.43. The highest BCUT2D eigenvalue weighted by molar-refractivity contribution is 6.67. The van der Waals surface area contributed by atoms with Gasteiger partial charge in [0.15, 0.2) is 11.2 Å². The van der Waals surface area contributed by atoms with Gasteiger partial charge in [-0.2, -0.15) is 0 Å². The fourth-order valence-corrected chi connectivity index (χ4v) is 1.74. The van der Waals surface area contributed by atoms with E-state index in [0.29, 0.717) is 5.56 Å². The van der Waals surface area contributed by atoms with E-state index in [-0.39, 0.29) is 0 Å². The molecule has 3 nitrogen and oxygen atoms in total. The van der Waals surface area contributed by atoms with Crippen LogP contribution in [0.4, 0.5) is 0 Å². The predicted octanol–water partition coefficient (Wildman–Crippen LogP) is 1.27. The van der Waals surface area contributed by atoms with E-state index in [1.165, 1.54) is 6.92 Å². The Morgan fingerprint density at radius 1 is 1.33 bits per heavy atom. The summed E-state index contributed by atoms with van der Waals surface area (Å²) in [5.41, 5.74) is -1.21. The van der Waals surface area contributed by atoms with E-state index in [1.807, 2.05) is 0 Å². The number of halogens is 1. The van der Waals surface area contributed by atoms with Crippen molar-refractivity contribution in [1.29, 1.82) is 0 Å². The van der Waals surface area contributed by atoms with Gasteiger partial charge in [0, 0.05) is 0 Å². The molecule has 0 unspecified atom stereocenters. The van der Waals surface area contributed by atoms with Gasteiger partial charge in [-0.05, 0) is 24.1 Å². The Hall–Kier alpha value is -1.19. The van der Waals surface area contributed by atoms with E-state index in [2.05, 4.69) is 0 Å². The van der Waals surface area contributed by atoms with Crippen molar-refractivity contribution in [2.45, 2.75) is 12.3 Å². The van der Waals surface area contributed by atoms with Crippen LogP contribution in [0.15, 0.2) is 30.3 Å². The van der Waals surface area contributed by atoms with Gasteiger partial charge in [0.25, 0.3) is 0 Å². The molecular formula is C11H11ClO3. The topological polar surface area (TPSA) is 54.4 Å². The standard InChI is InChI=1S/C11H11ClO3/c1-8(14)11(7-13,10(12)15)9-5-3-2-4-6-9/h2-6,13H,7H2,1H3/t11-/m0/s1. The maximum atomic E-state index is 11.5. The number of rotatable bonds is 4. The van der Waals surface area contributed by atoms with Crippen LogP contribution in [0.25, 0.3) is 0 Å². The van der Waals surface area contributed by atoms with Crippen LogP contribution in [0.3, 0.4) is 0 Å². The molecule has 0 radical (unpaired) electrons. The van der Waals surface area contributed by atoms with Crippen LogP contribution in [0.1, 0.15) is 12.5 Å². The van der Waals surface area contributed by atoms with E-state index < -0.39 is 23.0 Å². The fraction of sp³-hybridized carbons (Fsp3) is 0.273. The minimum atomic E-state index is -1.62. The maximum absolute atomic E-state index is 11.5. The Balaban J connectivity index is 3.35. The lowest BCUT2D eigenvalue weighted by Gasteiger charge is -2.25. The minimum absolute atomic E-state index is 0.417. The zero-order valence-corrected chi connectivity index (χ0v) is 8.99. The lowest BCUT2D eigenvalue weighted by molar-refractivity contribution is -0.131. The Morgan fingerprint density at radius 2 is 1.87 bits per heavy atom. The second-order valence-electron chi connectivity index (χ2n) is 3.26. The molecule has 0 amide bonds. The van der Waals surface area contributed by atoms with Crippen molar-refractivity contribution in [3.8, 4) is 0 Å². The van der Waals surface area contributed by atoms with Crippen LogP contribution in [-0.2, 0) is 15.0 Å². The van der Waals surface area contributed by atoms with Crippen LogP contribution in [0.2, 0.25) is 0 Å². The normalized spacial score (nSPS) is 14.3. The minimum Gasteiger partial charge on any atom is -0.394 e. The van der Waals surface area contributed by atoms with Crippen LogP contribution in [0.5, 0.6) is 0 Å². The molecule has 1 aromatic carbocycles. The van der Waals surface area contributed by atoms with Gasteiger partial charge in [-0.15, -0.1) is 0 Å². The molecule has 4 heteroatoms. The summed E-state index contributed by atoms with van der Waals surface area (Å²) in [6.07, 6.45) is 0. The molecule has 0 spiro atoms. The maximum Gasteiger partial charge on any atom is 0.242 e. The number of benzene rings is 1. The molecule has 0 saturated carbocycles. The molecule has 0 aromatic heterocycles. The summed E-state index contributed by atoms with van der Waals surface area (Å²) in [5.74, 6) is -0.462. The smallest absolute Gasteiger partial charge is 0.242 e. The average molecular weight is 227 g/mol. The molecule has 1 N–H and O–H groups in total. The highest BCUT2D eigenvalue weighted by Gasteiger charge is 2.43. The van der Waals surface area contributed by atoms with Crippen LogP contribution < -0.4 is 0 Å². The van der Waals surface area contributed by atoms with Crippen molar-refractivity contribution < 1.29 is 14.7 Å². The van der Waals surface area contributed by atoms with Gasteiger partial charge < -0.3 is 5.11 Å². The molecule has 15 heavy (non-hydrogen) atoms. The Kier molecular flexibility index (Phi) is 3.61. The third-order valence-electron chi connectivity index (χ3n) is 2.44. The van der Waals surface area contributed by atoms with Crippen LogP contribution in [-0.4, -0.2) is 22.7 Å². The number of hydrogen-bond donors (Lipinski definition) is 1. The Bertz CT molecular complexity index is 359. The van der Waals surface area contributed by atoms with E-state index in [0.717, 1.165) is 0 Å². The SMILES string of the molecule is CC(=O)[C@](CO)(C(=O)Cl)c1ccccc1. The molecule has 0 aliphatic carbocycles. The van der Waals surface area contributed by atoms with Crippen molar-refractivity contribution in [3.63, 3.8) is 0 Å². The van der Waals surface area contributed by atoms with Gasteiger partial charge in [0.1, 0.15) is 0 Å². The van der Waals surface area contributed by atoms with Gasteiger partial charge in [0.05, 0.1) is 6.61 Å². The van der Waals surface area contributed by atoms with Crippen LogP contribution >= 0.6 is 11.6 Å².